The maximum absolute atomic E-state index is 10.8. The first-order chi connectivity index (χ1) is 7.82. The summed E-state index contributed by atoms with van der Waals surface area (Å²) in [6.07, 6.45) is 0. The Morgan fingerprint density at radius 1 is 0.579 bits per heavy atom. The normalized spacial score (nSPS) is 12.8. The van der Waals surface area contributed by atoms with Crippen molar-refractivity contribution in [2.45, 2.75) is 14.7 Å². The fraction of sp³-hybridized carbons (Fsp3) is 0. The van der Waals surface area contributed by atoms with Gasteiger partial charge in [0.05, 0.1) is 14.7 Å². The van der Waals surface area contributed by atoms with Crippen LogP contribution in [-0.2, 0) is 30.4 Å². The summed E-state index contributed by atoms with van der Waals surface area (Å²) in [7, 11) is -14.8. The molecule has 1 rings (SSSR count). The van der Waals surface area contributed by atoms with Crippen LogP contribution in [0.2, 0.25) is 0 Å². The van der Waals surface area contributed by atoms with E-state index >= 15 is 0 Å². The maximum atomic E-state index is 10.8. The number of rotatable bonds is 3. The van der Waals surface area contributed by atoms with Crippen molar-refractivity contribution in [1.82, 2.24) is 0 Å². The van der Waals surface area contributed by atoms with Gasteiger partial charge in [-0.25, -0.2) is 0 Å². The molecule has 9 nitrogen and oxygen atoms in total. The van der Waals surface area contributed by atoms with Crippen molar-refractivity contribution in [2.75, 3.05) is 0 Å². The van der Waals surface area contributed by atoms with Crippen LogP contribution in [0.15, 0.2) is 32.9 Å². The second kappa shape index (κ2) is 6.14. The SMILES string of the molecule is O=S(=O)(O)c1cc(S(=O)(=O)O)cc(S(=O)(=O)O)c1.[KH]. The van der Waals surface area contributed by atoms with E-state index in [1.54, 1.807) is 0 Å². The Morgan fingerprint density at radius 2 is 0.737 bits per heavy atom. The molecule has 0 fully saturated rings. The molecule has 0 saturated carbocycles. The van der Waals surface area contributed by atoms with Gasteiger partial charge in [-0.3, -0.25) is 13.7 Å². The molecule has 1 aromatic carbocycles. The Hall–Kier alpha value is 0.586. The molecule has 0 unspecified atom stereocenters. The molecule has 0 spiro atoms. The van der Waals surface area contributed by atoms with E-state index in [0.717, 1.165) is 0 Å². The molecule has 13 heteroatoms. The molecule has 104 valence electrons. The average Bonchev–Trinajstić information content (AvgIpc) is 2.13. The van der Waals surface area contributed by atoms with Crippen LogP contribution in [-0.4, -0.2) is 90.3 Å². The molecule has 3 N–H and O–H groups in total. The van der Waals surface area contributed by atoms with Gasteiger partial charge in [-0.05, 0) is 18.2 Å². The van der Waals surface area contributed by atoms with Gasteiger partial charge in [0, 0.05) is 0 Å². The third kappa shape index (κ3) is 5.47. The zero-order valence-corrected chi connectivity index (χ0v) is 10.7. The molecule has 0 aromatic heterocycles. The molecule has 0 aliphatic carbocycles. The van der Waals surface area contributed by atoms with Crippen molar-refractivity contribution in [3.63, 3.8) is 0 Å². The van der Waals surface area contributed by atoms with Gasteiger partial charge in [-0.15, -0.1) is 0 Å². The molecule has 1 aromatic rings. The van der Waals surface area contributed by atoms with Crippen LogP contribution in [0.3, 0.4) is 0 Å². The summed E-state index contributed by atoms with van der Waals surface area (Å²) in [4.78, 5) is -3.32. The number of benzene rings is 1. The van der Waals surface area contributed by atoms with Crippen LogP contribution in [0.4, 0.5) is 0 Å². The van der Waals surface area contributed by atoms with Crippen molar-refractivity contribution in [2.24, 2.45) is 0 Å². The molecule has 0 aliphatic heterocycles. The summed E-state index contributed by atoms with van der Waals surface area (Å²) in [5, 5.41) is 0. The third-order valence-electron chi connectivity index (χ3n) is 1.75. The van der Waals surface area contributed by atoms with Crippen LogP contribution >= 0.6 is 0 Å². The molecule has 0 heterocycles. The fourth-order valence-corrected chi connectivity index (χ4v) is 2.87. The van der Waals surface area contributed by atoms with E-state index in [-0.39, 0.29) is 51.4 Å². The van der Waals surface area contributed by atoms with Crippen molar-refractivity contribution in [3.8, 4) is 0 Å². The summed E-state index contributed by atoms with van der Waals surface area (Å²) in [6, 6.07) is 0.998. The molecular formula is C6H7KO9S3. The Labute approximate surface area is 151 Å². The zero-order valence-electron chi connectivity index (χ0n) is 8.25. The Morgan fingerprint density at radius 3 is 0.842 bits per heavy atom. The summed E-state index contributed by atoms with van der Waals surface area (Å²) in [6.45, 7) is 0. The molecule has 0 atom stereocenters. The van der Waals surface area contributed by atoms with Gasteiger partial charge in [0.15, 0.2) is 0 Å². The first-order valence-corrected chi connectivity index (χ1v) is 8.21. The zero-order chi connectivity index (χ0) is 14.4. The van der Waals surface area contributed by atoms with Crippen LogP contribution in [0.25, 0.3) is 0 Å². The van der Waals surface area contributed by atoms with E-state index in [4.69, 9.17) is 13.7 Å². The van der Waals surface area contributed by atoms with Crippen molar-refractivity contribution in [1.29, 1.82) is 0 Å². The van der Waals surface area contributed by atoms with Gasteiger partial charge in [0.1, 0.15) is 0 Å². The van der Waals surface area contributed by atoms with E-state index in [2.05, 4.69) is 0 Å². The summed E-state index contributed by atoms with van der Waals surface area (Å²) in [5.41, 5.74) is 0. The van der Waals surface area contributed by atoms with Crippen molar-refractivity contribution >= 4 is 81.7 Å². The van der Waals surface area contributed by atoms with E-state index in [1.165, 1.54) is 0 Å². The summed E-state index contributed by atoms with van der Waals surface area (Å²) < 4.78 is 90.8. The number of hydrogen-bond donors (Lipinski definition) is 3. The van der Waals surface area contributed by atoms with Crippen LogP contribution in [0.5, 0.6) is 0 Å². The third-order valence-corrected chi connectivity index (χ3v) is 4.24. The molecule has 0 radical (unpaired) electrons. The first-order valence-electron chi connectivity index (χ1n) is 3.89. The van der Waals surface area contributed by atoms with Crippen LogP contribution in [0, 0.1) is 0 Å². The molecule has 0 bridgehead atoms. The molecule has 0 saturated heterocycles. The minimum absolute atomic E-state index is 0. The minimum atomic E-state index is -4.92. The van der Waals surface area contributed by atoms with Crippen molar-refractivity contribution in [3.05, 3.63) is 18.2 Å². The van der Waals surface area contributed by atoms with E-state index < -0.39 is 45.0 Å². The van der Waals surface area contributed by atoms with Crippen molar-refractivity contribution < 1.29 is 38.9 Å². The van der Waals surface area contributed by atoms with Crippen LogP contribution in [0.1, 0.15) is 0 Å². The van der Waals surface area contributed by atoms with Gasteiger partial charge in [0.2, 0.25) is 0 Å². The predicted molar refractivity (Wildman–Crippen MR) is 63.0 cm³/mol. The molecule has 0 aliphatic rings. The quantitative estimate of drug-likeness (QED) is 0.443. The Kier molecular flexibility index (Phi) is 6.33. The van der Waals surface area contributed by atoms with Gasteiger partial charge in [-0.1, -0.05) is 0 Å². The first kappa shape index (κ1) is 19.6. The summed E-state index contributed by atoms with van der Waals surface area (Å²) in [5.74, 6) is 0. The van der Waals surface area contributed by atoms with E-state index in [1.807, 2.05) is 0 Å². The molecule has 19 heavy (non-hydrogen) atoms. The van der Waals surface area contributed by atoms with Gasteiger partial charge >= 0.3 is 51.4 Å². The van der Waals surface area contributed by atoms with Gasteiger partial charge in [0.25, 0.3) is 30.4 Å². The van der Waals surface area contributed by atoms with Gasteiger partial charge < -0.3 is 0 Å². The second-order valence-electron chi connectivity index (χ2n) is 3.07. The Balaban J connectivity index is 0.00000324. The number of hydrogen-bond acceptors (Lipinski definition) is 6. The molecular weight excluding hydrogens is 351 g/mol. The monoisotopic (exact) mass is 358 g/mol. The second-order valence-corrected chi connectivity index (χ2v) is 7.33. The van der Waals surface area contributed by atoms with E-state index in [9.17, 15) is 25.3 Å². The van der Waals surface area contributed by atoms with E-state index in [0.29, 0.717) is 18.2 Å². The standard InChI is InChI=1S/C6H6O9S3.K.H/c7-16(8,9)4-1-5(17(10,11)12)3-6(2-4)18(13,14)15;;/h1-3H,(H,7,8,9)(H,10,11,12)(H,13,14,15);;. The fourth-order valence-electron chi connectivity index (χ4n) is 0.992. The summed E-state index contributed by atoms with van der Waals surface area (Å²) >= 11 is 0. The van der Waals surface area contributed by atoms with Crippen LogP contribution < -0.4 is 0 Å². The van der Waals surface area contributed by atoms with Gasteiger partial charge in [-0.2, -0.15) is 25.3 Å². The Bertz CT molecular complexity index is 669. The topological polar surface area (TPSA) is 163 Å². The molecule has 0 amide bonds. The predicted octanol–water partition coefficient (Wildman–Crippen LogP) is -1.22. The average molecular weight is 358 g/mol.